The van der Waals surface area contributed by atoms with Gasteiger partial charge < -0.3 is 4.90 Å². The second kappa shape index (κ2) is 6.04. The first-order valence-electron chi connectivity index (χ1n) is 7.98. The van der Waals surface area contributed by atoms with E-state index in [-0.39, 0.29) is 5.91 Å². The van der Waals surface area contributed by atoms with Gasteiger partial charge in [-0.15, -0.1) is 0 Å². The Hall–Kier alpha value is -2.74. The van der Waals surface area contributed by atoms with E-state index in [1.54, 1.807) is 29.0 Å². The average molecular weight is 325 g/mol. The molecule has 4 heterocycles. The molecule has 0 N–H and O–H groups in total. The maximum absolute atomic E-state index is 12.6. The quantitative estimate of drug-likeness (QED) is 0.698. The first kappa shape index (κ1) is 14.8. The number of rotatable bonds is 3. The lowest BCUT2D eigenvalue weighted by atomic mass is 10.2. The van der Waals surface area contributed by atoms with E-state index in [0.717, 1.165) is 19.6 Å². The van der Waals surface area contributed by atoms with Crippen LogP contribution in [-0.4, -0.2) is 66.3 Å². The first-order valence-corrected chi connectivity index (χ1v) is 7.98. The highest BCUT2D eigenvalue weighted by molar-refractivity contribution is 5.93. The summed E-state index contributed by atoms with van der Waals surface area (Å²) in [5.41, 5.74) is 2.34. The molecule has 3 aromatic heterocycles. The van der Waals surface area contributed by atoms with Crippen LogP contribution < -0.4 is 0 Å². The van der Waals surface area contributed by atoms with Crippen LogP contribution in [0.15, 0.2) is 36.9 Å². The van der Waals surface area contributed by atoms with Gasteiger partial charge in [-0.05, 0) is 6.07 Å². The molecular weight excluding hydrogens is 306 g/mol. The fourth-order valence-corrected chi connectivity index (χ4v) is 3.02. The molecule has 0 spiro atoms. The summed E-state index contributed by atoms with van der Waals surface area (Å²) < 4.78 is 3.44. The Morgan fingerprint density at radius 3 is 2.79 bits per heavy atom. The van der Waals surface area contributed by atoms with Gasteiger partial charge in [0, 0.05) is 70.0 Å². The molecular formula is C16H19N7O. The van der Waals surface area contributed by atoms with Crippen molar-refractivity contribution in [3.05, 3.63) is 48.2 Å². The van der Waals surface area contributed by atoms with Crippen molar-refractivity contribution in [2.24, 2.45) is 7.05 Å². The molecule has 0 aliphatic carbocycles. The molecule has 0 radical (unpaired) electrons. The minimum atomic E-state index is -0.0264. The van der Waals surface area contributed by atoms with Crippen LogP contribution in [0.25, 0.3) is 5.65 Å². The number of nitrogens with zero attached hydrogens (tertiary/aromatic N) is 7. The van der Waals surface area contributed by atoms with Gasteiger partial charge in [-0.25, -0.2) is 9.50 Å². The van der Waals surface area contributed by atoms with Crippen LogP contribution >= 0.6 is 0 Å². The molecule has 3 aromatic rings. The van der Waals surface area contributed by atoms with Crippen molar-refractivity contribution >= 4 is 11.6 Å². The third kappa shape index (κ3) is 2.88. The molecule has 0 saturated carbocycles. The van der Waals surface area contributed by atoms with Crippen LogP contribution in [0.4, 0.5) is 0 Å². The molecule has 1 amide bonds. The number of carbonyl (C=O) groups is 1. The van der Waals surface area contributed by atoms with Crippen molar-refractivity contribution in [3.63, 3.8) is 0 Å². The Morgan fingerprint density at radius 2 is 2.08 bits per heavy atom. The summed E-state index contributed by atoms with van der Waals surface area (Å²) in [6.07, 6.45) is 7.41. The monoisotopic (exact) mass is 325 g/mol. The van der Waals surface area contributed by atoms with Gasteiger partial charge in [-0.1, -0.05) is 0 Å². The molecule has 8 heteroatoms. The molecule has 1 aliphatic rings. The summed E-state index contributed by atoms with van der Waals surface area (Å²) >= 11 is 0. The zero-order valence-corrected chi connectivity index (χ0v) is 13.5. The fourth-order valence-electron chi connectivity index (χ4n) is 3.02. The smallest absolute Gasteiger partial charge is 0.274 e. The van der Waals surface area contributed by atoms with Gasteiger partial charge in [-0.3, -0.25) is 14.4 Å². The van der Waals surface area contributed by atoms with E-state index in [9.17, 15) is 4.79 Å². The second-order valence-electron chi connectivity index (χ2n) is 6.04. The Kier molecular flexibility index (Phi) is 3.73. The van der Waals surface area contributed by atoms with Crippen molar-refractivity contribution in [1.82, 2.24) is 34.2 Å². The molecule has 0 bridgehead atoms. The van der Waals surface area contributed by atoms with E-state index in [1.165, 1.54) is 5.56 Å². The van der Waals surface area contributed by atoms with Gasteiger partial charge in [0.1, 0.15) is 0 Å². The van der Waals surface area contributed by atoms with Crippen molar-refractivity contribution in [2.45, 2.75) is 6.54 Å². The fraction of sp³-hybridized carbons (Fsp3) is 0.375. The highest BCUT2D eigenvalue weighted by atomic mass is 16.2. The molecule has 0 atom stereocenters. The summed E-state index contributed by atoms with van der Waals surface area (Å²) in [6, 6.07) is 3.54. The van der Waals surface area contributed by atoms with Crippen LogP contribution in [0, 0.1) is 0 Å². The predicted octanol–water partition coefficient (Wildman–Crippen LogP) is 0.421. The number of hydrogen-bond donors (Lipinski definition) is 0. The van der Waals surface area contributed by atoms with Crippen molar-refractivity contribution in [1.29, 1.82) is 0 Å². The lowest BCUT2D eigenvalue weighted by Gasteiger charge is -2.34. The predicted molar refractivity (Wildman–Crippen MR) is 87.4 cm³/mol. The highest BCUT2D eigenvalue weighted by Gasteiger charge is 2.24. The molecule has 8 nitrogen and oxygen atoms in total. The number of piperazine rings is 1. The van der Waals surface area contributed by atoms with E-state index in [1.807, 2.05) is 29.0 Å². The highest BCUT2D eigenvalue weighted by Crippen LogP contribution is 2.11. The van der Waals surface area contributed by atoms with Gasteiger partial charge in [0.05, 0.1) is 6.20 Å². The van der Waals surface area contributed by atoms with E-state index in [2.05, 4.69) is 20.1 Å². The third-order valence-corrected chi connectivity index (χ3v) is 4.28. The number of amides is 1. The van der Waals surface area contributed by atoms with Gasteiger partial charge in [0.15, 0.2) is 11.3 Å². The van der Waals surface area contributed by atoms with Crippen LogP contribution in [0.5, 0.6) is 0 Å². The molecule has 1 aliphatic heterocycles. The van der Waals surface area contributed by atoms with Crippen LogP contribution in [0.3, 0.4) is 0 Å². The summed E-state index contributed by atoms with van der Waals surface area (Å²) in [5.74, 6) is -0.0264. The number of fused-ring (bicyclic) bond motifs is 1. The number of carbonyl (C=O) groups excluding carboxylic acids is 1. The molecule has 1 fully saturated rings. The van der Waals surface area contributed by atoms with Gasteiger partial charge in [0.2, 0.25) is 0 Å². The zero-order valence-electron chi connectivity index (χ0n) is 13.5. The Morgan fingerprint density at radius 1 is 1.25 bits per heavy atom. The SMILES string of the molecule is Cn1cc(CN2CCN(C(=O)c3cc4ncccn4n3)CC2)cn1. The van der Waals surface area contributed by atoms with E-state index in [0.29, 0.717) is 24.4 Å². The Labute approximate surface area is 139 Å². The lowest BCUT2D eigenvalue weighted by molar-refractivity contribution is 0.0622. The van der Waals surface area contributed by atoms with Crippen molar-refractivity contribution < 1.29 is 4.79 Å². The Bertz CT molecular complexity index is 827. The molecule has 124 valence electrons. The minimum absolute atomic E-state index is 0.0264. The Balaban J connectivity index is 1.39. The number of aromatic nitrogens is 5. The normalized spacial score (nSPS) is 16.0. The van der Waals surface area contributed by atoms with E-state index >= 15 is 0 Å². The van der Waals surface area contributed by atoms with Gasteiger partial charge in [-0.2, -0.15) is 10.2 Å². The molecule has 0 aromatic carbocycles. The van der Waals surface area contributed by atoms with Crippen LogP contribution in [0.1, 0.15) is 16.1 Å². The molecule has 0 unspecified atom stereocenters. The first-order chi connectivity index (χ1) is 11.7. The minimum Gasteiger partial charge on any atom is -0.335 e. The van der Waals surface area contributed by atoms with E-state index < -0.39 is 0 Å². The summed E-state index contributed by atoms with van der Waals surface area (Å²) in [7, 11) is 1.92. The third-order valence-electron chi connectivity index (χ3n) is 4.28. The lowest BCUT2D eigenvalue weighted by Crippen LogP contribution is -2.48. The standard InChI is InChI=1S/C16H19N7O/c1-20-11-13(10-18-20)12-21-5-7-22(8-6-21)16(24)14-9-15-17-3-2-4-23(15)19-14/h2-4,9-11H,5-8,12H2,1H3. The largest absolute Gasteiger partial charge is 0.335 e. The zero-order chi connectivity index (χ0) is 16.5. The van der Waals surface area contributed by atoms with Crippen molar-refractivity contribution in [3.8, 4) is 0 Å². The average Bonchev–Trinajstić information content (AvgIpc) is 3.21. The van der Waals surface area contributed by atoms with Crippen molar-refractivity contribution in [2.75, 3.05) is 26.2 Å². The maximum Gasteiger partial charge on any atom is 0.274 e. The number of hydrogen-bond acceptors (Lipinski definition) is 5. The van der Waals surface area contributed by atoms with Gasteiger partial charge in [0.25, 0.3) is 5.91 Å². The summed E-state index contributed by atoms with van der Waals surface area (Å²) in [5, 5.41) is 8.51. The van der Waals surface area contributed by atoms with Gasteiger partial charge >= 0.3 is 0 Å². The summed E-state index contributed by atoms with van der Waals surface area (Å²) in [4.78, 5) is 21.0. The molecule has 1 saturated heterocycles. The molecule has 4 rings (SSSR count). The molecule has 24 heavy (non-hydrogen) atoms. The second-order valence-corrected chi connectivity index (χ2v) is 6.04. The summed E-state index contributed by atoms with van der Waals surface area (Å²) in [6.45, 7) is 3.99. The van der Waals surface area contributed by atoms with Crippen LogP contribution in [-0.2, 0) is 13.6 Å². The number of aryl methyl sites for hydroxylation is 1. The van der Waals surface area contributed by atoms with E-state index in [4.69, 9.17) is 0 Å². The maximum atomic E-state index is 12.6. The topological polar surface area (TPSA) is 71.6 Å². The van der Waals surface area contributed by atoms with Crippen LogP contribution in [0.2, 0.25) is 0 Å².